The van der Waals surface area contributed by atoms with E-state index in [4.69, 9.17) is 14.2 Å². The molecule has 3 N–H and O–H groups in total. The quantitative estimate of drug-likeness (QED) is 0.0310. The van der Waals surface area contributed by atoms with Gasteiger partial charge in [0.25, 0.3) is 11.8 Å². The van der Waals surface area contributed by atoms with Gasteiger partial charge in [0.2, 0.25) is 23.6 Å². The largest absolute Gasteiger partial charge is 1.00 e. The molecule has 0 saturated carbocycles. The predicted molar refractivity (Wildman–Crippen MR) is 418 cm³/mol. The van der Waals surface area contributed by atoms with E-state index in [2.05, 4.69) is 25.6 Å². The number of aromatic nitrogens is 6. The summed E-state index contributed by atoms with van der Waals surface area (Å²) in [4.78, 5) is 129. The Morgan fingerprint density at radius 1 is 0.548 bits per heavy atom. The number of imidazole rings is 3. The number of likely N-dealkylation sites (N-methyl/N-ethyl adjacent to an activating group) is 1. The number of amides is 7. The fraction of sp³-hybridized carbons (Fsp3) is 0.518. The molecule has 30 heteroatoms. The van der Waals surface area contributed by atoms with Crippen molar-refractivity contribution in [2.45, 2.75) is 221 Å². The second-order valence-corrected chi connectivity index (χ2v) is 33.2. The monoisotopic (exact) mass is 1590 g/mol. The van der Waals surface area contributed by atoms with Crippen molar-refractivity contribution < 1.29 is 94.5 Å². The van der Waals surface area contributed by atoms with Crippen LogP contribution in [-0.2, 0) is 80.4 Å². The first-order valence-corrected chi connectivity index (χ1v) is 39.2. The molecular formula is C85H109F4LiN13O12-. The van der Waals surface area contributed by atoms with Crippen molar-refractivity contribution in [2.75, 3.05) is 46.3 Å². The molecule has 0 aliphatic carbocycles. The first kappa shape index (κ1) is 90.7. The maximum absolute atomic E-state index is 14.8. The smallest absolute Gasteiger partial charge is 0.870 e. The van der Waals surface area contributed by atoms with E-state index in [-0.39, 0.29) is 110 Å². The average Bonchev–Trinajstić information content (AvgIpc) is 1.62. The number of likely N-dealkylation sites (tertiary alicyclic amines) is 2. The number of aryl methyl sites for hydroxylation is 6. The van der Waals surface area contributed by atoms with Gasteiger partial charge in [-0.2, -0.15) is 0 Å². The van der Waals surface area contributed by atoms with Crippen LogP contribution in [0.1, 0.15) is 177 Å². The van der Waals surface area contributed by atoms with E-state index < -0.39 is 76.7 Å². The molecule has 115 heavy (non-hydrogen) atoms. The predicted octanol–water partition coefficient (Wildman–Crippen LogP) is 8.16. The number of hydrogen-bond donors (Lipinski definition) is 2. The van der Waals surface area contributed by atoms with Gasteiger partial charge in [0, 0.05) is 110 Å². The van der Waals surface area contributed by atoms with Gasteiger partial charge in [0.05, 0.1) is 31.0 Å². The molecule has 2 fully saturated rings. The molecule has 2 saturated heterocycles. The zero-order valence-corrected chi connectivity index (χ0v) is 68.6. The van der Waals surface area contributed by atoms with Gasteiger partial charge in [-0.05, 0) is 167 Å². The van der Waals surface area contributed by atoms with E-state index in [1.807, 2.05) is 69.1 Å². The van der Waals surface area contributed by atoms with E-state index >= 15 is 0 Å². The van der Waals surface area contributed by atoms with Crippen LogP contribution >= 0.6 is 0 Å². The first-order valence-electron chi connectivity index (χ1n) is 39.2. The molecule has 0 spiro atoms. The summed E-state index contributed by atoms with van der Waals surface area (Å²) in [7, 11) is 1.46. The fourth-order valence-electron chi connectivity index (χ4n) is 14.5. The number of halogens is 4. The zero-order valence-electron chi connectivity index (χ0n) is 68.6. The fourth-order valence-corrected chi connectivity index (χ4v) is 14.5. The number of rotatable bonds is 25. The molecule has 3 aromatic heterocycles. The molecule has 0 bridgehead atoms. The Balaban J connectivity index is 0.000000253. The number of nitrogens with zero attached hydrogens (tertiary/aromatic N) is 11. The molecule has 7 aromatic rings. The normalized spacial score (nSPS) is 17.7. The number of carbonyl (C=O) groups excluding carboxylic acids is 8. The van der Waals surface area contributed by atoms with Gasteiger partial charge in [0.15, 0.2) is 0 Å². The maximum atomic E-state index is 14.8. The number of hydrogen-bond acceptors (Lipinski definition) is 15. The third-order valence-corrected chi connectivity index (χ3v) is 21.2. The molecule has 7 amide bonds. The van der Waals surface area contributed by atoms with Crippen LogP contribution in [0.5, 0.6) is 11.5 Å². The first-order chi connectivity index (χ1) is 53.5. The molecule has 25 nitrogen and oxygen atoms in total. The zero-order chi connectivity index (χ0) is 81.8. The minimum absolute atomic E-state index is 0. The molecule has 8 atom stereocenters. The number of fused-ring (bicyclic) bond motifs is 3. The molecular weight excluding hydrogens is 1480 g/mol. The van der Waals surface area contributed by atoms with Crippen LogP contribution in [0.25, 0.3) is 0 Å². The van der Waals surface area contributed by atoms with Gasteiger partial charge in [-0.15, -0.1) is 6.20 Å². The van der Waals surface area contributed by atoms with Crippen LogP contribution in [-0.4, -0.2) is 201 Å². The molecule has 0 unspecified atom stereocenters. The van der Waals surface area contributed by atoms with Crippen LogP contribution < -0.4 is 39.0 Å². The Morgan fingerprint density at radius 3 is 1.26 bits per heavy atom. The third kappa shape index (κ3) is 24.4. The number of carbonyl (C=O) groups is 7. The second-order valence-electron chi connectivity index (χ2n) is 33.2. The summed E-state index contributed by atoms with van der Waals surface area (Å²) in [6, 6.07) is 19.9. The summed E-state index contributed by atoms with van der Waals surface area (Å²) in [5, 5.41) is 5.93. The van der Waals surface area contributed by atoms with Crippen molar-refractivity contribution in [3.8, 4) is 11.5 Å². The third-order valence-electron chi connectivity index (χ3n) is 21.2. The van der Waals surface area contributed by atoms with Crippen LogP contribution in [0.15, 0.2) is 116 Å². The van der Waals surface area contributed by atoms with Gasteiger partial charge in [-0.25, -0.2) is 32.3 Å². The average molecular weight is 1590 g/mol. The van der Waals surface area contributed by atoms with E-state index in [9.17, 15) is 55.9 Å². The summed E-state index contributed by atoms with van der Waals surface area (Å²) in [6.45, 7) is 25.7. The molecule has 12 rings (SSSR count). The van der Waals surface area contributed by atoms with E-state index in [0.29, 0.717) is 67.2 Å². The van der Waals surface area contributed by atoms with Crippen LogP contribution in [0, 0.1) is 40.0 Å². The van der Waals surface area contributed by atoms with Crippen molar-refractivity contribution in [3.05, 3.63) is 185 Å². The number of ether oxygens (including phenoxy) is 3. The van der Waals surface area contributed by atoms with Gasteiger partial charge < -0.3 is 68.4 Å². The van der Waals surface area contributed by atoms with Gasteiger partial charge in [-0.1, -0.05) is 79.7 Å². The standard InChI is InChI=1S/C41H54F2N6O6.C37H47F2N5O4.C7H7N2O.Li.H2O/c1-26(46(8)39(53)55-41(5,6)7)36(50)45-35(40(2,3)4)38(52)49-24-32(54-31-17-15-29(43)16-18-31)22-30(49)23-48(21-19-27-11-13-28(42)14-12-27)37(51)33-25-47-20-9-10-34(47)44-33;1-6-24(2)34(45)41-33(37(3,4)5)36(47)44-22-30(48-29-15-13-27(39)14-16-29)20-28(44)21-43(19-17-25-9-11-26(38)12-10-25)35(46)31-23-42-18-7-8-32(42)40-31;10-5-6-4-9-3-1-2-7(9)8-6;;/h11-18,25-26,30,32,35H,9-10,19-24H2,1-8H3,(H,45,50);9-16,23-24,28,30,33H,6-8,17-22H2,1-5H3,(H,41,45);4H,1-3H2;;1H2/q;;-1;+1;/p-1/t26-,30-,32-,35+;24-,28+,30+,33-;;;/m01.../s1. The molecule has 8 heterocycles. The van der Waals surface area contributed by atoms with Crippen LogP contribution in [0.2, 0.25) is 0 Å². The van der Waals surface area contributed by atoms with Crippen molar-refractivity contribution >= 4 is 47.8 Å². The second kappa shape index (κ2) is 39.7. The molecule has 5 aliphatic heterocycles. The topological polar surface area (TPSA) is 288 Å². The minimum atomic E-state index is -1.03. The number of nitrogens with one attached hydrogen (secondary N) is 2. The Morgan fingerprint density at radius 2 is 0.913 bits per heavy atom. The SMILES string of the molecule is CC[C@@H](C)C(=O)N[C@H](C(=O)N1C[C@@H](Oc2ccc(F)cc2)C[C@H]1CN(CCc1ccc(F)cc1)C(=O)c1cn2c(n1)CCC2)C(C)(C)C.C[C@@H](C(=O)N[C@H](C(=O)N1C[C@@H](Oc2ccc(F)cc2)C[C@H]1CN(CCc1ccc(F)cc1)C(=O)c1cn2c(n1)CCC2)C(C)(C)C)N(C)C(=O)OC(C)(C)C.O=[C-]c1cn2c(n1)CCC2.[Li+].[OH-]. The Kier molecular flexibility index (Phi) is 31.3. The van der Waals surface area contributed by atoms with Gasteiger partial charge >= 0.3 is 25.0 Å². The van der Waals surface area contributed by atoms with Gasteiger partial charge in [-0.3, -0.25) is 38.7 Å². The van der Waals surface area contributed by atoms with E-state index in [0.717, 1.165) is 86.8 Å². The molecule has 4 aromatic carbocycles. The number of benzene rings is 4. The maximum Gasteiger partial charge on any atom is 1.00 e. The summed E-state index contributed by atoms with van der Waals surface area (Å²) in [5.74, 6) is 0.0178. The molecule has 616 valence electrons. The van der Waals surface area contributed by atoms with E-state index in [1.165, 1.54) is 72.6 Å². The summed E-state index contributed by atoms with van der Waals surface area (Å²) in [6.07, 6.45) is 13.5. The van der Waals surface area contributed by atoms with Crippen LogP contribution in [0.4, 0.5) is 22.4 Å². The minimum Gasteiger partial charge on any atom is -0.870 e. The van der Waals surface area contributed by atoms with Crippen LogP contribution in [0.3, 0.4) is 0 Å². The summed E-state index contributed by atoms with van der Waals surface area (Å²) >= 11 is 0. The summed E-state index contributed by atoms with van der Waals surface area (Å²) in [5.41, 5.74) is 0.675. The summed E-state index contributed by atoms with van der Waals surface area (Å²) < 4.78 is 78.7. The Bertz CT molecular complexity index is 4400. The Labute approximate surface area is 683 Å². The van der Waals surface area contributed by atoms with Crippen molar-refractivity contribution in [1.29, 1.82) is 0 Å². The van der Waals surface area contributed by atoms with Gasteiger partial charge in [0.1, 0.15) is 93.7 Å². The van der Waals surface area contributed by atoms with E-state index in [1.54, 1.807) is 109 Å². The van der Waals surface area contributed by atoms with Crippen molar-refractivity contribution in [2.24, 2.45) is 16.7 Å². The van der Waals surface area contributed by atoms with Crippen molar-refractivity contribution in [3.63, 3.8) is 0 Å². The molecule has 5 aliphatic rings. The molecule has 0 radical (unpaired) electrons. The Hall–Kier alpha value is -9.85. The van der Waals surface area contributed by atoms with Crippen molar-refractivity contribution in [1.82, 2.24) is 63.8 Å².